The van der Waals surface area contributed by atoms with Gasteiger partial charge < -0.3 is 15.4 Å². The lowest BCUT2D eigenvalue weighted by Gasteiger charge is -2.19. The Bertz CT molecular complexity index is 997. The van der Waals surface area contributed by atoms with Crippen molar-refractivity contribution in [2.24, 2.45) is 0 Å². The van der Waals surface area contributed by atoms with Gasteiger partial charge in [0.05, 0.1) is 13.2 Å². The Kier molecular flexibility index (Phi) is 7.40. The van der Waals surface area contributed by atoms with Gasteiger partial charge in [-0.3, -0.25) is 9.59 Å². The average molecular weight is 421 g/mol. The number of carbonyl (C=O) groups is 2. The van der Waals surface area contributed by atoms with Crippen molar-refractivity contribution in [3.8, 4) is 5.75 Å². The summed E-state index contributed by atoms with van der Waals surface area (Å²) >= 11 is 1.49. The second-order valence-corrected chi connectivity index (χ2v) is 7.58. The van der Waals surface area contributed by atoms with Gasteiger partial charge in [-0.05, 0) is 53.8 Å². The van der Waals surface area contributed by atoms with Crippen LogP contribution in [-0.2, 0) is 4.79 Å². The van der Waals surface area contributed by atoms with Gasteiger partial charge in [0.25, 0.3) is 11.8 Å². The first-order valence-corrected chi connectivity index (χ1v) is 10.5. The molecule has 3 rings (SSSR count). The number of methoxy groups -OCH3 is 1. The van der Waals surface area contributed by atoms with Crippen LogP contribution >= 0.6 is 11.3 Å². The molecule has 2 amide bonds. The second-order valence-electron chi connectivity index (χ2n) is 6.60. The van der Waals surface area contributed by atoms with Crippen molar-refractivity contribution in [2.45, 2.75) is 19.4 Å². The number of hydrogen-bond donors (Lipinski definition) is 2. The van der Waals surface area contributed by atoms with Crippen LogP contribution in [-0.4, -0.2) is 18.9 Å². The predicted molar refractivity (Wildman–Crippen MR) is 120 cm³/mol. The number of nitrogens with one attached hydrogen (secondary N) is 2. The minimum atomic E-state index is -0.358. The zero-order chi connectivity index (χ0) is 21.3. The van der Waals surface area contributed by atoms with Crippen molar-refractivity contribution >= 4 is 29.2 Å². The lowest BCUT2D eigenvalue weighted by Crippen LogP contribution is -2.36. The van der Waals surface area contributed by atoms with Gasteiger partial charge in [-0.2, -0.15) is 0 Å². The first-order chi connectivity index (χ1) is 14.6. The van der Waals surface area contributed by atoms with Crippen LogP contribution < -0.4 is 15.4 Å². The highest BCUT2D eigenvalue weighted by Crippen LogP contribution is 2.18. The molecule has 0 spiro atoms. The number of amides is 2. The molecule has 0 radical (unpaired) electrons. The molecule has 0 unspecified atom stereocenters. The molecular weight excluding hydrogens is 396 g/mol. The molecule has 1 heterocycles. The number of rotatable bonds is 8. The lowest BCUT2D eigenvalue weighted by molar-refractivity contribution is -0.118. The zero-order valence-electron chi connectivity index (χ0n) is 16.9. The van der Waals surface area contributed by atoms with Crippen LogP contribution in [0.5, 0.6) is 5.75 Å². The van der Waals surface area contributed by atoms with E-state index in [0.717, 1.165) is 16.9 Å². The van der Waals surface area contributed by atoms with Gasteiger partial charge in [0.15, 0.2) is 0 Å². The molecule has 0 aliphatic carbocycles. The highest BCUT2D eigenvalue weighted by molar-refractivity contribution is 7.10. The molecule has 3 aromatic rings. The molecule has 2 aromatic carbocycles. The summed E-state index contributed by atoms with van der Waals surface area (Å²) in [6, 6.07) is 20.2. The van der Waals surface area contributed by atoms with E-state index in [4.69, 9.17) is 4.74 Å². The van der Waals surface area contributed by atoms with E-state index in [0.29, 0.717) is 11.3 Å². The Morgan fingerprint density at radius 1 is 1.03 bits per heavy atom. The van der Waals surface area contributed by atoms with Crippen molar-refractivity contribution in [2.75, 3.05) is 7.11 Å². The maximum Gasteiger partial charge on any atom is 0.268 e. The number of thiophene rings is 1. The summed E-state index contributed by atoms with van der Waals surface area (Å²) in [7, 11) is 1.57. The highest BCUT2D eigenvalue weighted by atomic mass is 32.1. The van der Waals surface area contributed by atoms with Gasteiger partial charge in [0, 0.05) is 10.4 Å². The second kappa shape index (κ2) is 10.4. The van der Waals surface area contributed by atoms with Crippen molar-refractivity contribution in [1.29, 1.82) is 0 Å². The van der Waals surface area contributed by atoms with E-state index in [1.54, 1.807) is 37.5 Å². The molecule has 30 heavy (non-hydrogen) atoms. The third kappa shape index (κ3) is 5.58. The lowest BCUT2D eigenvalue weighted by atomic mass is 10.0. The number of carbonyl (C=O) groups excluding carboxylic acids is 2. The molecule has 5 nitrogen and oxygen atoms in total. The van der Waals surface area contributed by atoms with E-state index in [1.165, 1.54) is 11.3 Å². The molecule has 1 aromatic heterocycles. The Hall–Kier alpha value is -3.38. The summed E-state index contributed by atoms with van der Waals surface area (Å²) in [6.45, 7) is 2.01. The van der Waals surface area contributed by atoms with Crippen LogP contribution in [0.2, 0.25) is 0 Å². The van der Waals surface area contributed by atoms with Crippen LogP contribution in [0.15, 0.2) is 77.8 Å². The molecule has 6 heteroatoms. The maximum absolute atomic E-state index is 13.1. The number of benzene rings is 2. The topological polar surface area (TPSA) is 67.4 Å². The van der Waals surface area contributed by atoms with Crippen molar-refractivity contribution < 1.29 is 14.3 Å². The summed E-state index contributed by atoms with van der Waals surface area (Å²) in [4.78, 5) is 26.7. The van der Waals surface area contributed by atoms with Gasteiger partial charge in [0.1, 0.15) is 11.4 Å². The van der Waals surface area contributed by atoms with Gasteiger partial charge in [-0.1, -0.05) is 43.3 Å². The predicted octanol–water partition coefficient (Wildman–Crippen LogP) is 4.80. The summed E-state index contributed by atoms with van der Waals surface area (Å²) in [6.07, 6.45) is 2.42. The van der Waals surface area contributed by atoms with Crippen LogP contribution in [0.25, 0.3) is 6.08 Å². The minimum absolute atomic E-state index is 0.150. The van der Waals surface area contributed by atoms with Crippen LogP contribution in [0.1, 0.15) is 40.2 Å². The molecule has 2 N–H and O–H groups in total. The summed E-state index contributed by atoms with van der Waals surface area (Å²) < 4.78 is 5.13. The first kappa shape index (κ1) is 21.3. The van der Waals surface area contributed by atoms with Gasteiger partial charge in [-0.25, -0.2) is 0 Å². The van der Waals surface area contributed by atoms with E-state index in [9.17, 15) is 9.59 Å². The summed E-state index contributed by atoms with van der Waals surface area (Å²) in [5, 5.41) is 7.72. The first-order valence-electron chi connectivity index (χ1n) is 9.67. The molecular formula is C24H24N2O3S. The normalized spacial score (nSPS) is 12.1. The molecule has 0 aliphatic heterocycles. The number of hydrogen-bond acceptors (Lipinski definition) is 4. The van der Waals surface area contributed by atoms with E-state index in [-0.39, 0.29) is 23.6 Å². The third-order valence-corrected chi connectivity index (χ3v) is 5.41. The molecule has 0 aliphatic rings. The standard InChI is InChI=1S/C24H24N2O3S/c1-3-21(17-8-5-4-6-9-17)25-24(28)22(16-20-10-7-15-30-20)26-23(27)18-11-13-19(29-2)14-12-18/h4-16,21H,3H2,1-2H3,(H,25,28)(H,26,27)/b22-16-/t21-/m1/s1. The van der Waals surface area contributed by atoms with E-state index in [1.807, 2.05) is 54.8 Å². The Morgan fingerprint density at radius 3 is 2.37 bits per heavy atom. The van der Waals surface area contributed by atoms with Crippen LogP contribution in [0, 0.1) is 0 Å². The fraction of sp³-hybridized carbons (Fsp3) is 0.167. The van der Waals surface area contributed by atoms with E-state index < -0.39 is 0 Å². The molecule has 0 fully saturated rings. The number of ether oxygens (including phenoxy) is 1. The van der Waals surface area contributed by atoms with Gasteiger partial charge >= 0.3 is 0 Å². The third-order valence-electron chi connectivity index (χ3n) is 4.59. The maximum atomic E-state index is 13.1. The van der Waals surface area contributed by atoms with Crippen LogP contribution in [0.3, 0.4) is 0 Å². The quantitative estimate of drug-likeness (QED) is 0.515. The van der Waals surface area contributed by atoms with Crippen molar-refractivity contribution in [3.05, 3.63) is 93.8 Å². The van der Waals surface area contributed by atoms with Gasteiger partial charge in [0.2, 0.25) is 0 Å². The molecule has 0 saturated carbocycles. The fourth-order valence-electron chi connectivity index (χ4n) is 2.95. The molecule has 0 saturated heterocycles. The summed E-state index contributed by atoms with van der Waals surface area (Å²) in [5.74, 6) is -0.0309. The molecule has 1 atom stereocenters. The van der Waals surface area contributed by atoms with Crippen molar-refractivity contribution in [1.82, 2.24) is 10.6 Å². The van der Waals surface area contributed by atoms with Gasteiger partial charge in [-0.15, -0.1) is 11.3 Å². The largest absolute Gasteiger partial charge is 0.497 e. The van der Waals surface area contributed by atoms with E-state index in [2.05, 4.69) is 10.6 Å². The Labute approximate surface area is 180 Å². The van der Waals surface area contributed by atoms with Crippen LogP contribution in [0.4, 0.5) is 0 Å². The smallest absolute Gasteiger partial charge is 0.268 e. The fourth-order valence-corrected chi connectivity index (χ4v) is 3.61. The minimum Gasteiger partial charge on any atom is -0.497 e. The Balaban J connectivity index is 1.81. The van der Waals surface area contributed by atoms with Crippen molar-refractivity contribution in [3.63, 3.8) is 0 Å². The summed E-state index contributed by atoms with van der Waals surface area (Å²) in [5.41, 5.74) is 1.66. The zero-order valence-corrected chi connectivity index (χ0v) is 17.7. The molecule has 0 bridgehead atoms. The Morgan fingerprint density at radius 2 is 1.77 bits per heavy atom. The highest BCUT2D eigenvalue weighted by Gasteiger charge is 2.19. The SMILES string of the molecule is CC[C@@H](NC(=O)/C(=C/c1cccs1)NC(=O)c1ccc(OC)cc1)c1ccccc1. The average Bonchev–Trinajstić information content (AvgIpc) is 3.30. The van der Waals surface area contributed by atoms with E-state index >= 15 is 0 Å². The molecule has 154 valence electrons. The monoisotopic (exact) mass is 420 g/mol.